The molecule has 7 nitrogen and oxygen atoms in total. The van der Waals surface area contributed by atoms with E-state index in [1.807, 2.05) is 77.1 Å². The monoisotopic (exact) mass is 415 g/mol. The lowest BCUT2D eigenvalue weighted by Gasteiger charge is -2.09. The largest absolute Gasteiger partial charge is 0.441 e. The summed E-state index contributed by atoms with van der Waals surface area (Å²) in [7, 11) is 0. The minimum atomic E-state index is -0.283. The molecule has 0 aliphatic heterocycles. The van der Waals surface area contributed by atoms with Crippen LogP contribution in [-0.4, -0.2) is 25.9 Å². The molecule has 0 aliphatic carbocycles. The molecule has 2 heterocycles. The van der Waals surface area contributed by atoms with Crippen molar-refractivity contribution in [1.29, 1.82) is 0 Å². The fourth-order valence-corrected chi connectivity index (χ4v) is 3.32. The van der Waals surface area contributed by atoms with E-state index in [0.717, 1.165) is 28.1 Å². The number of carbonyl (C=O) groups is 1. The van der Waals surface area contributed by atoms with Crippen LogP contribution in [0.5, 0.6) is 0 Å². The van der Waals surface area contributed by atoms with E-state index in [0.29, 0.717) is 29.6 Å². The van der Waals surface area contributed by atoms with Crippen LogP contribution in [-0.2, 0) is 6.54 Å². The average molecular weight is 415 g/mol. The van der Waals surface area contributed by atoms with Gasteiger partial charge in [-0.15, -0.1) is 5.10 Å². The molecule has 0 radical (unpaired) electrons. The van der Waals surface area contributed by atoms with Crippen molar-refractivity contribution in [2.24, 2.45) is 0 Å². The Morgan fingerprint density at radius 1 is 1.03 bits per heavy atom. The highest BCUT2D eigenvalue weighted by Crippen LogP contribution is 2.23. The highest BCUT2D eigenvalue weighted by molar-refractivity contribution is 6.04. The van der Waals surface area contributed by atoms with Crippen LogP contribution in [0.15, 0.2) is 46.9 Å². The summed E-state index contributed by atoms with van der Waals surface area (Å²) in [6, 6.07) is 13.8. The summed E-state index contributed by atoms with van der Waals surface area (Å²) in [6.45, 7) is 10.1. The molecule has 0 atom stereocenters. The molecule has 7 heteroatoms. The van der Waals surface area contributed by atoms with Crippen molar-refractivity contribution in [3.05, 3.63) is 82.0 Å². The first-order chi connectivity index (χ1) is 14.8. The summed E-state index contributed by atoms with van der Waals surface area (Å²) in [4.78, 5) is 17.4. The zero-order valence-electron chi connectivity index (χ0n) is 18.4. The van der Waals surface area contributed by atoms with Gasteiger partial charge in [-0.3, -0.25) is 4.79 Å². The second-order valence-electron chi connectivity index (χ2n) is 7.77. The van der Waals surface area contributed by atoms with Crippen molar-refractivity contribution in [3.63, 3.8) is 0 Å². The van der Waals surface area contributed by atoms with Gasteiger partial charge in [-0.1, -0.05) is 35.0 Å². The van der Waals surface area contributed by atoms with E-state index in [4.69, 9.17) is 4.42 Å². The molecule has 0 saturated carbocycles. The Kier molecular flexibility index (Phi) is 5.42. The molecular formula is C24H25N5O2. The maximum absolute atomic E-state index is 12.8. The number of benzene rings is 2. The normalized spacial score (nSPS) is 11.0. The van der Waals surface area contributed by atoms with E-state index < -0.39 is 0 Å². The van der Waals surface area contributed by atoms with Gasteiger partial charge >= 0.3 is 0 Å². The third-order valence-electron chi connectivity index (χ3n) is 5.54. The molecule has 31 heavy (non-hydrogen) atoms. The van der Waals surface area contributed by atoms with Gasteiger partial charge in [-0.25, -0.2) is 9.67 Å². The molecular weight excluding hydrogens is 390 g/mol. The summed E-state index contributed by atoms with van der Waals surface area (Å²) in [6.07, 6.45) is 0. The highest BCUT2D eigenvalue weighted by Gasteiger charge is 2.20. The van der Waals surface area contributed by atoms with Gasteiger partial charge in [-0.2, -0.15) is 0 Å². The topological polar surface area (TPSA) is 85.8 Å². The van der Waals surface area contributed by atoms with Crippen LogP contribution in [0, 0.1) is 34.6 Å². The predicted molar refractivity (Wildman–Crippen MR) is 119 cm³/mol. The van der Waals surface area contributed by atoms with Crippen LogP contribution in [0.25, 0.3) is 11.5 Å². The van der Waals surface area contributed by atoms with Crippen molar-refractivity contribution < 1.29 is 9.21 Å². The number of aromatic nitrogens is 4. The lowest BCUT2D eigenvalue weighted by atomic mass is 10.1. The van der Waals surface area contributed by atoms with Gasteiger partial charge in [-0.05, 0) is 63.9 Å². The van der Waals surface area contributed by atoms with Gasteiger partial charge in [0.15, 0.2) is 5.69 Å². The van der Waals surface area contributed by atoms with E-state index in [-0.39, 0.29) is 5.91 Å². The van der Waals surface area contributed by atoms with E-state index >= 15 is 0 Å². The van der Waals surface area contributed by atoms with Crippen molar-refractivity contribution in [2.45, 2.75) is 41.2 Å². The Hall–Kier alpha value is -3.74. The van der Waals surface area contributed by atoms with Gasteiger partial charge in [0.25, 0.3) is 5.91 Å². The second kappa shape index (κ2) is 8.18. The van der Waals surface area contributed by atoms with Crippen LogP contribution in [0.1, 0.15) is 44.3 Å². The molecule has 0 saturated heterocycles. The molecule has 0 spiro atoms. The summed E-state index contributed by atoms with van der Waals surface area (Å²) in [5.74, 6) is 1.000. The SMILES string of the molecule is Cc1ccc(-c2nc(Cn3nnc(C(=O)Nc4cccc(C)c4C)c3C)c(C)o2)cc1. The zero-order valence-corrected chi connectivity index (χ0v) is 18.4. The summed E-state index contributed by atoms with van der Waals surface area (Å²) < 4.78 is 7.53. The second-order valence-corrected chi connectivity index (χ2v) is 7.77. The molecule has 0 fully saturated rings. The molecule has 158 valence electrons. The van der Waals surface area contributed by atoms with Crippen molar-refractivity contribution >= 4 is 11.6 Å². The maximum Gasteiger partial charge on any atom is 0.278 e. The number of hydrogen-bond donors (Lipinski definition) is 1. The molecule has 0 aliphatic rings. The first kappa shape index (κ1) is 20.5. The summed E-state index contributed by atoms with van der Waals surface area (Å²) in [5.41, 5.74) is 6.73. The Morgan fingerprint density at radius 2 is 1.77 bits per heavy atom. The van der Waals surface area contributed by atoms with E-state index in [9.17, 15) is 4.79 Å². The number of aryl methyl sites for hydroxylation is 3. The quantitative estimate of drug-likeness (QED) is 0.507. The van der Waals surface area contributed by atoms with E-state index in [1.54, 1.807) is 4.68 Å². The minimum absolute atomic E-state index is 0.283. The number of oxazole rings is 1. The molecule has 4 aromatic rings. The Labute approximate surface area is 181 Å². The summed E-state index contributed by atoms with van der Waals surface area (Å²) >= 11 is 0. The number of nitrogens with one attached hydrogen (secondary N) is 1. The lowest BCUT2D eigenvalue weighted by Crippen LogP contribution is -2.15. The number of rotatable bonds is 5. The number of nitrogens with zero attached hydrogens (tertiary/aromatic N) is 4. The maximum atomic E-state index is 12.8. The van der Waals surface area contributed by atoms with Crippen LogP contribution in [0.2, 0.25) is 0 Å². The molecule has 1 N–H and O–H groups in total. The molecule has 1 amide bonds. The van der Waals surface area contributed by atoms with Crippen LogP contribution < -0.4 is 5.32 Å². The van der Waals surface area contributed by atoms with Crippen LogP contribution in [0.3, 0.4) is 0 Å². The number of amides is 1. The van der Waals surface area contributed by atoms with Gasteiger partial charge < -0.3 is 9.73 Å². The molecule has 2 aromatic carbocycles. The van der Waals surface area contributed by atoms with Crippen molar-refractivity contribution in [1.82, 2.24) is 20.0 Å². The third kappa shape index (κ3) is 4.12. The lowest BCUT2D eigenvalue weighted by molar-refractivity contribution is 0.102. The molecule has 0 bridgehead atoms. The summed E-state index contributed by atoms with van der Waals surface area (Å²) in [5, 5.41) is 11.2. The standard InChI is InChI=1S/C24H25N5O2/c1-14-9-11-19(12-10-14)24-26-21(18(5)31-24)13-29-17(4)22(27-28-29)23(30)25-20-8-6-7-15(2)16(20)3/h6-12H,13H2,1-5H3,(H,25,30). The first-order valence-electron chi connectivity index (χ1n) is 10.1. The van der Waals surface area contributed by atoms with E-state index in [2.05, 4.69) is 20.6 Å². The molecule has 4 rings (SSSR count). The van der Waals surface area contributed by atoms with Gasteiger partial charge in [0.2, 0.25) is 5.89 Å². The van der Waals surface area contributed by atoms with Crippen molar-refractivity contribution in [3.8, 4) is 11.5 Å². The van der Waals surface area contributed by atoms with Crippen molar-refractivity contribution in [2.75, 3.05) is 5.32 Å². The van der Waals surface area contributed by atoms with Gasteiger partial charge in [0, 0.05) is 11.3 Å². The Bertz CT molecular complexity index is 1250. The highest BCUT2D eigenvalue weighted by atomic mass is 16.4. The first-order valence-corrected chi connectivity index (χ1v) is 10.1. The molecule has 2 aromatic heterocycles. The fourth-order valence-electron chi connectivity index (χ4n) is 3.32. The fraction of sp³-hybridized carbons (Fsp3) is 0.250. The predicted octanol–water partition coefficient (Wildman–Crippen LogP) is 4.78. The van der Waals surface area contributed by atoms with Crippen LogP contribution in [0.4, 0.5) is 5.69 Å². The Balaban J connectivity index is 1.54. The van der Waals surface area contributed by atoms with Crippen LogP contribution >= 0.6 is 0 Å². The smallest absolute Gasteiger partial charge is 0.278 e. The number of carbonyl (C=O) groups excluding carboxylic acids is 1. The van der Waals surface area contributed by atoms with Gasteiger partial charge in [0.1, 0.15) is 11.5 Å². The van der Waals surface area contributed by atoms with E-state index in [1.165, 1.54) is 5.56 Å². The number of hydrogen-bond acceptors (Lipinski definition) is 5. The molecule has 0 unspecified atom stereocenters. The third-order valence-corrected chi connectivity index (χ3v) is 5.54. The zero-order chi connectivity index (χ0) is 22.1. The number of anilines is 1. The minimum Gasteiger partial charge on any atom is -0.441 e. The van der Waals surface area contributed by atoms with Gasteiger partial charge in [0.05, 0.1) is 12.2 Å². The average Bonchev–Trinajstić information content (AvgIpc) is 3.29. The Morgan fingerprint density at radius 3 is 2.52 bits per heavy atom.